The summed E-state index contributed by atoms with van der Waals surface area (Å²) in [6.45, 7) is 0. The number of rotatable bonds is 2. The average Bonchev–Trinajstić information content (AvgIpc) is 2.62. The van der Waals surface area contributed by atoms with Gasteiger partial charge in [0.05, 0.1) is 11.7 Å². The Bertz CT molecular complexity index is 500. The molecule has 7 heteroatoms. The van der Waals surface area contributed by atoms with Gasteiger partial charge in [-0.15, -0.1) is 0 Å². The number of benzene rings is 1. The van der Waals surface area contributed by atoms with Gasteiger partial charge in [0.25, 0.3) is 0 Å². The van der Waals surface area contributed by atoms with Crippen LogP contribution in [0.15, 0.2) is 36.4 Å². The van der Waals surface area contributed by atoms with E-state index in [9.17, 15) is 15.0 Å². The number of para-hydroxylation sites is 1. The Morgan fingerprint density at radius 2 is 1.76 bits per heavy atom. The normalized spacial score (nSPS) is 8.94. The zero-order chi connectivity index (χ0) is 10.8. The zero-order valence-electron chi connectivity index (χ0n) is 9.58. The Kier molecular flexibility index (Phi) is 7.08. The van der Waals surface area contributed by atoms with Gasteiger partial charge >= 0.3 is 59.1 Å². The first kappa shape index (κ1) is 16.7. The molecule has 0 fully saturated rings. The van der Waals surface area contributed by atoms with Crippen LogP contribution in [0.3, 0.4) is 0 Å². The standard InChI is InChI=1S/C10H8N2O3.2Na/c13-9-6-8(10(14)15)11-12(9)7-4-2-1-3-5-7;;/h1-6,13H,(H,14,15);;/q;2*+1/p-2. The molecule has 0 radical (unpaired) electrons. The summed E-state index contributed by atoms with van der Waals surface area (Å²) in [5.41, 5.74) is 0.166. The predicted molar refractivity (Wildman–Crippen MR) is 47.3 cm³/mol. The fourth-order valence-corrected chi connectivity index (χ4v) is 1.22. The van der Waals surface area contributed by atoms with Crippen molar-refractivity contribution in [1.29, 1.82) is 0 Å². The molecule has 0 spiro atoms. The Labute approximate surface area is 142 Å². The first-order valence-electron chi connectivity index (χ1n) is 4.22. The topological polar surface area (TPSA) is 81.0 Å². The molecule has 1 aromatic heterocycles. The summed E-state index contributed by atoms with van der Waals surface area (Å²) in [7, 11) is 0. The zero-order valence-corrected chi connectivity index (χ0v) is 13.6. The third-order valence-corrected chi connectivity index (χ3v) is 1.89. The van der Waals surface area contributed by atoms with Crippen LogP contribution in [0, 0.1) is 0 Å². The molecule has 0 saturated carbocycles. The molecule has 1 heterocycles. The van der Waals surface area contributed by atoms with Crippen LogP contribution in [0.5, 0.6) is 5.88 Å². The van der Waals surface area contributed by atoms with E-state index in [4.69, 9.17) is 0 Å². The molecule has 0 aliphatic heterocycles. The number of nitrogens with zero attached hydrogens (tertiary/aromatic N) is 2. The van der Waals surface area contributed by atoms with E-state index in [0.29, 0.717) is 5.69 Å². The summed E-state index contributed by atoms with van der Waals surface area (Å²) < 4.78 is 1.02. The third kappa shape index (κ3) is 3.84. The number of carbonyl (C=O) groups is 1. The average molecular weight is 248 g/mol. The van der Waals surface area contributed by atoms with Crippen molar-refractivity contribution in [3.63, 3.8) is 0 Å². The van der Waals surface area contributed by atoms with E-state index in [1.54, 1.807) is 30.3 Å². The molecular formula is C10H6N2Na2O3. The van der Waals surface area contributed by atoms with Gasteiger partial charge in [-0.25, -0.2) is 4.68 Å². The van der Waals surface area contributed by atoms with Crippen LogP contribution in [0.2, 0.25) is 0 Å². The van der Waals surface area contributed by atoms with Gasteiger partial charge in [-0.2, -0.15) is 5.10 Å². The molecule has 0 aliphatic rings. The van der Waals surface area contributed by atoms with Gasteiger partial charge in [0.15, 0.2) is 0 Å². The number of carboxylic acids is 1. The van der Waals surface area contributed by atoms with Gasteiger partial charge in [-0.05, 0) is 24.1 Å². The minimum Gasteiger partial charge on any atom is -0.859 e. The van der Waals surface area contributed by atoms with Crippen LogP contribution < -0.4 is 69.3 Å². The summed E-state index contributed by atoms with van der Waals surface area (Å²) >= 11 is 0. The molecule has 0 unspecified atom stereocenters. The second-order valence-electron chi connectivity index (χ2n) is 2.90. The Morgan fingerprint density at radius 1 is 1.18 bits per heavy atom. The van der Waals surface area contributed by atoms with Gasteiger partial charge in [-0.3, -0.25) is 0 Å². The molecule has 2 aromatic rings. The molecule has 0 atom stereocenters. The summed E-state index contributed by atoms with van der Waals surface area (Å²) in [6, 6.07) is 9.50. The maximum Gasteiger partial charge on any atom is 1.00 e. The first-order valence-corrected chi connectivity index (χ1v) is 4.22. The van der Waals surface area contributed by atoms with Crippen molar-refractivity contribution in [2.75, 3.05) is 0 Å². The van der Waals surface area contributed by atoms with Crippen molar-refractivity contribution in [2.45, 2.75) is 0 Å². The van der Waals surface area contributed by atoms with Crippen LogP contribution in [0.4, 0.5) is 0 Å². The van der Waals surface area contributed by atoms with Crippen molar-refractivity contribution < 1.29 is 74.1 Å². The summed E-state index contributed by atoms with van der Waals surface area (Å²) in [5.74, 6) is -1.94. The van der Waals surface area contributed by atoms with Crippen LogP contribution in [-0.4, -0.2) is 15.7 Å². The number of carboxylic acid groups (broad SMARTS) is 1. The molecule has 0 aliphatic carbocycles. The fourth-order valence-electron chi connectivity index (χ4n) is 1.22. The van der Waals surface area contributed by atoms with Gasteiger partial charge in [0.2, 0.25) is 0 Å². The molecule has 17 heavy (non-hydrogen) atoms. The Balaban J connectivity index is 0.00000128. The number of hydrogen-bond donors (Lipinski definition) is 0. The van der Waals surface area contributed by atoms with E-state index < -0.39 is 11.8 Å². The van der Waals surface area contributed by atoms with E-state index in [-0.39, 0.29) is 64.8 Å². The third-order valence-electron chi connectivity index (χ3n) is 1.89. The maximum atomic E-state index is 11.4. The van der Waals surface area contributed by atoms with Gasteiger partial charge in [0, 0.05) is 0 Å². The molecule has 0 bridgehead atoms. The first-order chi connectivity index (χ1) is 7.18. The molecule has 0 saturated heterocycles. The number of aromatic nitrogens is 2. The monoisotopic (exact) mass is 248 g/mol. The number of hydrogen-bond acceptors (Lipinski definition) is 4. The van der Waals surface area contributed by atoms with E-state index in [0.717, 1.165) is 10.7 Å². The summed E-state index contributed by atoms with van der Waals surface area (Å²) in [4.78, 5) is 10.5. The maximum absolute atomic E-state index is 11.4. The molecule has 0 N–H and O–H groups in total. The Morgan fingerprint density at radius 3 is 2.24 bits per heavy atom. The molecular weight excluding hydrogens is 242 g/mol. The molecule has 1 aromatic carbocycles. The Hall–Kier alpha value is -0.300. The van der Waals surface area contributed by atoms with Crippen LogP contribution in [-0.2, 0) is 0 Å². The number of carbonyl (C=O) groups excluding carboxylic acids is 1. The molecule has 76 valence electrons. The molecule has 2 rings (SSSR count). The van der Waals surface area contributed by atoms with Crippen LogP contribution in [0.1, 0.15) is 10.5 Å². The van der Waals surface area contributed by atoms with E-state index in [2.05, 4.69) is 5.10 Å². The van der Waals surface area contributed by atoms with Crippen LogP contribution in [0.25, 0.3) is 5.69 Å². The van der Waals surface area contributed by atoms with Gasteiger partial charge in [0.1, 0.15) is 5.69 Å². The van der Waals surface area contributed by atoms with E-state index >= 15 is 0 Å². The summed E-state index contributed by atoms with van der Waals surface area (Å²) in [6.07, 6.45) is 0. The van der Waals surface area contributed by atoms with Gasteiger partial charge < -0.3 is 15.0 Å². The summed E-state index contributed by atoms with van der Waals surface area (Å²) in [5, 5.41) is 25.4. The minimum absolute atomic E-state index is 0. The second-order valence-corrected chi connectivity index (χ2v) is 2.90. The SMILES string of the molecule is O=C([O-])c1cc([O-])n(-c2ccccc2)n1.[Na+].[Na+]. The largest absolute Gasteiger partial charge is 1.00 e. The van der Waals surface area contributed by atoms with Crippen molar-refractivity contribution in [2.24, 2.45) is 0 Å². The van der Waals surface area contributed by atoms with Crippen molar-refractivity contribution in [1.82, 2.24) is 9.78 Å². The fraction of sp³-hybridized carbons (Fsp3) is 0. The molecule has 0 amide bonds. The second kappa shape index (κ2) is 7.20. The minimum atomic E-state index is -1.46. The number of aromatic carboxylic acids is 1. The van der Waals surface area contributed by atoms with E-state index in [1.807, 2.05) is 0 Å². The van der Waals surface area contributed by atoms with Crippen LogP contribution >= 0.6 is 0 Å². The van der Waals surface area contributed by atoms with E-state index in [1.165, 1.54) is 0 Å². The quantitative estimate of drug-likeness (QED) is 0.495. The molecule has 5 nitrogen and oxygen atoms in total. The van der Waals surface area contributed by atoms with Crippen molar-refractivity contribution in [3.8, 4) is 11.6 Å². The smallest absolute Gasteiger partial charge is 0.859 e. The van der Waals surface area contributed by atoms with Crippen molar-refractivity contribution in [3.05, 3.63) is 42.1 Å². The predicted octanol–water partition coefficient (Wildman–Crippen LogP) is -6.68. The van der Waals surface area contributed by atoms with Gasteiger partial charge in [-0.1, -0.05) is 18.2 Å². The van der Waals surface area contributed by atoms with Crippen molar-refractivity contribution >= 4 is 5.97 Å².